The molecule has 1 unspecified atom stereocenters. The highest BCUT2D eigenvalue weighted by molar-refractivity contribution is 6.21. The lowest BCUT2D eigenvalue weighted by Gasteiger charge is -2.11. The van der Waals surface area contributed by atoms with Gasteiger partial charge in [0.15, 0.2) is 0 Å². The highest BCUT2D eigenvalue weighted by Gasteiger charge is 2.05. The van der Waals surface area contributed by atoms with Crippen molar-refractivity contribution in [2.45, 2.75) is 18.7 Å². The fourth-order valence-corrected chi connectivity index (χ4v) is 1.71. The van der Waals surface area contributed by atoms with E-state index in [9.17, 15) is 0 Å². The Morgan fingerprint density at radius 3 is 2.75 bits per heavy atom. The van der Waals surface area contributed by atoms with Gasteiger partial charge in [-0.25, -0.2) is 0 Å². The summed E-state index contributed by atoms with van der Waals surface area (Å²) in [6.07, 6.45) is 1.03. The average molecular weight is 242 g/mol. The Morgan fingerprint density at radius 1 is 1.31 bits per heavy atom. The summed E-state index contributed by atoms with van der Waals surface area (Å²) in [7, 11) is 0. The number of hydrogen-bond acceptors (Lipinski definition) is 2. The summed E-state index contributed by atoms with van der Waals surface area (Å²) in [5.74, 6) is 0. The third-order valence-electron chi connectivity index (χ3n) is 2.33. The van der Waals surface area contributed by atoms with Crippen LogP contribution in [0.1, 0.15) is 24.3 Å². The molecule has 3 heteroatoms. The molecule has 0 saturated heterocycles. The number of benzene rings is 1. The highest BCUT2D eigenvalue weighted by Crippen LogP contribution is 2.18. The van der Waals surface area contributed by atoms with Crippen molar-refractivity contribution in [3.8, 4) is 0 Å². The van der Waals surface area contributed by atoms with Gasteiger partial charge in [0, 0.05) is 19.8 Å². The molecule has 0 aromatic heterocycles. The van der Waals surface area contributed by atoms with Gasteiger partial charge < -0.3 is 10.1 Å². The van der Waals surface area contributed by atoms with Crippen molar-refractivity contribution in [2.24, 2.45) is 0 Å². The molecule has 0 bridgehead atoms. The Labute approximate surface area is 103 Å². The van der Waals surface area contributed by atoms with E-state index in [0.29, 0.717) is 0 Å². The molecule has 1 aromatic carbocycles. The molecule has 0 aliphatic rings. The summed E-state index contributed by atoms with van der Waals surface area (Å²) >= 11 is 6.25. The molecular formula is C13H20ClNO. The highest BCUT2D eigenvalue weighted by atomic mass is 35.5. The van der Waals surface area contributed by atoms with Crippen molar-refractivity contribution in [1.29, 1.82) is 0 Å². The van der Waals surface area contributed by atoms with E-state index in [1.54, 1.807) is 0 Å². The van der Waals surface area contributed by atoms with E-state index in [1.165, 1.54) is 5.56 Å². The summed E-state index contributed by atoms with van der Waals surface area (Å²) in [6, 6.07) is 10.1. The third kappa shape index (κ3) is 5.50. The molecule has 90 valence electrons. The average Bonchev–Trinajstić information content (AvgIpc) is 2.34. The van der Waals surface area contributed by atoms with E-state index >= 15 is 0 Å². The minimum Gasteiger partial charge on any atom is -0.382 e. The van der Waals surface area contributed by atoms with Gasteiger partial charge in [-0.05, 0) is 25.5 Å². The molecule has 0 amide bonds. The fraction of sp³-hybridized carbons (Fsp3) is 0.538. The van der Waals surface area contributed by atoms with Crippen LogP contribution in [0.15, 0.2) is 30.3 Å². The van der Waals surface area contributed by atoms with Crippen molar-refractivity contribution in [3.05, 3.63) is 35.9 Å². The first-order valence-corrected chi connectivity index (χ1v) is 6.25. The van der Waals surface area contributed by atoms with Gasteiger partial charge in [0.05, 0.1) is 5.38 Å². The second kappa shape index (κ2) is 8.57. The summed E-state index contributed by atoms with van der Waals surface area (Å²) in [5, 5.41) is 3.38. The standard InChI is InChI=1S/C13H20ClNO/c1-2-16-10-6-9-15-11-13(14)12-7-4-3-5-8-12/h3-5,7-8,13,15H,2,6,9-11H2,1H3. The van der Waals surface area contributed by atoms with Crippen LogP contribution in [0.5, 0.6) is 0 Å². The van der Waals surface area contributed by atoms with Crippen LogP contribution in [0.25, 0.3) is 0 Å². The summed E-state index contributed by atoms with van der Waals surface area (Å²) in [6.45, 7) is 5.38. The number of ether oxygens (including phenoxy) is 1. The number of hydrogen-bond donors (Lipinski definition) is 1. The van der Waals surface area contributed by atoms with Gasteiger partial charge >= 0.3 is 0 Å². The molecule has 0 spiro atoms. The molecule has 0 aliphatic carbocycles. The molecular weight excluding hydrogens is 222 g/mol. The van der Waals surface area contributed by atoms with Crippen LogP contribution in [0.3, 0.4) is 0 Å². The lowest BCUT2D eigenvalue weighted by molar-refractivity contribution is 0.145. The zero-order valence-corrected chi connectivity index (χ0v) is 10.5. The first-order chi connectivity index (χ1) is 7.84. The van der Waals surface area contributed by atoms with Gasteiger partial charge in [-0.2, -0.15) is 0 Å². The third-order valence-corrected chi connectivity index (χ3v) is 2.74. The van der Waals surface area contributed by atoms with Crippen LogP contribution in [0.2, 0.25) is 0 Å². The van der Waals surface area contributed by atoms with Crippen molar-refractivity contribution in [3.63, 3.8) is 0 Å². The minimum atomic E-state index is 0.0493. The Bertz CT molecular complexity index is 266. The van der Waals surface area contributed by atoms with E-state index in [4.69, 9.17) is 16.3 Å². The van der Waals surface area contributed by atoms with Crippen LogP contribution in [0.4, 0.5) is 0 Å². The number of alkyl halides is 1. The van der Waals surface area contributed by atoms with Crippen molar-refractivity contribution in [1.82, 2.24) is 5.32 Å². The molecule has 16 heavy (non-hydrogen) atoms. The normalized spacial score (nSPS) is 12.6. The maximum Gasteiger partial charge on any atom is 0.0709 e. The largest absolute Gasteiger partial charge is 0.382 e. The van der Waals surface area contributed by atoms with Crippen LogP contribution >= 0.6 is 11.6 Å². The van der Waals surface area contributed by atoms with Gasteiger partial charge in [0.2, 0.25) is 0 Å². The van der Waals surface area contributed by atoms with Crippen LogP contribution < -0.4 is 5.32 Å². The van der Waals surface area contributed by atoms with Crippen LogP contribution in [0, 0.1) is 0 Å². The van der Waals surface area contributed by atoms with Crippen molar-refractivity contribution in [2.75, 3.05) is 26.3 Å². The van der Waals surface area contributed by atoms with E-state index in [2.05, 4.69) is 17.4 Å². The lowest BCUT2D eigenvalue weighted by atomic mass is 10.1. The van der Waals surface area contributed by atoms with Crippen LogP contribution in [-0.2, 0) is 4.74 Å². The predicted octanol–water partition coefficient (Wildman–Crippen LogP) is 2.98. The smallest absolute Gasteiger partial charge is 0.0709 e. The van der Waals surface area contributed by atoms with E-state index < -0.39 is 0 Å². The molecule has 1 N–H and O–H groups in total. The van der Waals surface area contributed by atoms with E-state index in [-0.39, 0.29) is 5.38 Å². The molecule has 1 aromatic rings. The van der Waals surface area contributed by atoms with Crippen molar-refractivity contribution >= 4 is 11.6 Å². The Hall–Kier alpha value is -0.570. The number of rotatable bonds is 8. The monoisotopic (exact) mass is 241 g/mol. The predicted molar refractivity (Wildman–Crippen MR) is 69.0 cm³/mol. The quantitative estimate of drug-likeness (QED) is 0.558. The number of halogens is 1. The second-order valence-electron chi connectivity index (χ2n) is 3.63. The Morgan fingerprint density at radius 2 is 2.06 bits per heavy atom. The van der Waals surface area contributed by atoms with Gasteiger partial charge in [0.25, 0.3) is 0 Å². The summed E-state index contributed by atoms with van der Waals surface area (Å²) < 4.78 is 5.25. The molecule has 1 rings (SSSR count). The molecule has 2 nitrogen and oxygen atoms in total. The minimum absolute atomic E-state index is 0.0493. The van der Waals surface area contributed by atoms with Gasteiger partial charge in [-0.3, -0.25) is 0 Å². The maximum absolute atomic E-state index is 6.25. The SMILES string of the molecule is CCOCCCNCC(Cl)c1ccccc1. The van der Waals surface area contributed by atoms with E-state index in [0.717, 1.165) is 32.7 Å². The summed E-state index contributed by atoms with van der Waals surface area (Å²) in [4.78, 5) is 0. The van der Waals surface area contributed by atoms with E-state index in [1.807, 2.05) is 25.1 Å². The Balaban J connectivity index is 2.09. The van der Waals surface area contributed by atoms with Crippen LogP contribution in [-0.4, -0.2) is 26.3 Å². The molecule has 0 heterocycles. The molecule has 0 saturated carbocycles. The lowest BCUT2D eigenvalue weighted by Crippen LogP contribution is -2.21. The van der Waals surface area contributed by atoms with Gasteiger partial charge in [0.1, 0.15) is 0 Å². The molecule has 0 aliphatic heterocycles. The molecule has 0 radical (unpaired) electrons. The topological polar surface area (TPSA) is 21.3 Å². The van der Waals surface area contributed by atoms with Gasteiger partial charge in [-0.15, -0.1) is 11.6 Å². The molecule has 1 atom stereocenters. The zero-order valence-electron chi connectivity index (χ0n) is 9.79. The Kier molecular flexibility index (Phi) is 7.23. The maximum atomic E-state index is 6.25. The molecule has 0 fully saturated rings. The van der Waals surface area contributed by atoms with Crippen molar-refractivity contribution < 1.29 is 4.74 Å². The second-order valence-corrected chi connectivity index (χ2v) is 4.16. The first kappa shape index (κ1) is 13.5. The fourth-order valence-electron chi connectivity index (χ4n) is 1.45. The zero-order chi connectivity index (χ0) is 11.6. The van der Waals surface area contributed by atoms with Gasteiger partial charge in [-0.1, -0.05) is 30.3 Å². The number of nitrogens with one attached hydrogen (secondary N) is 1. The first-order valence-electron chi connectivity index (χ1n) is 5.82. The summed E-state index contributed by atoms with van der Waals surface area (Å²) in [5.41, 5.74) is 1.17.